The Labute approximate surface area is 86.8 Å². The summed E-state index contributed by atoms with van der Waals surface area (Å²) >= 11 is 0. The van der Waals surface area contributed by atoms with Crippen LogP contribution in [0.4, 0.5) is 0 Å². The fraction of sp³-hybridized carbons (Fsp3) is 1.00. The Morgan fingerprint density at radius 2 is 1.50 bits per heavy atom. The van der Waals surface area contributed by atoms with Gasteiger partial charge in [0, 0.05) is 0 Å². The van der Waals surface area contributed by atoms with Crippen molar-refractivity contribution < 1.29 is 15.3 Å². The quantitative estimate of drug-likeness (QED) is 0.632. The minimum absolute atomic E-state index is 0.0949. The summed E-state index contributed by atoms with van der Waals surface area (Å²) in [7, 11) is 0. The third-order valence-electron chi connectivity index (χ3n) is 2.37. The van der Waals surface area contributed by atoms with Gasteiger partial charge in [0.2, 0.25) is 0 Å². The number of aliphatic hydroxyl groups excluding tert-OH is 1. The molecule has 14 heavy (non-hydrogen) atoms. The van der Waals surface area contributed by atoms with Crippen LogP contribution in [0.15, 0.2) is 0 Å². The van der Waals surface area contributed by atoms with Gasteiger partial charge >= 0.3 is 0 Å². The topological polar surface area (TPSA) is 60.7 Å². The number of hydrogen-bond donors (Lipinski definition) is 3. The van der Waals surface area contributed by atoms with Crippen LogP contribution in [0.5, 0.6) is 0 Å². The van der Waals surface area contributed by atoms with Crippen molar-refractivity contribution >= 4 is 0 Å². The number of rotatable bonds is 5. The van der Waals surface area contributed by atoms with Crippen LogP contribution in [0.3, 0.4) is 0 Å². The molecule has 0 bridgehead atoms. The van der Waals surface area contributed by atoms with E-state index in [1.54, 1.807) is 34.6 Å². The summed E-state index contributed by atoms with van der Waals surface area (Å²) in [5.74, 6) is -0.0949. The molecular weight excluding hydrogens is 180 g/mol. The Bertz CT molecular complexity index is 162. The van der Waals surface area contributed by atoms with Crippen LogP contribution in [0.25, 0.3) is 0 Å². The smallest absolute Gasteiger partial charge is 0.0621 e. The first kappa shape index (κ1) is 13.9. The van der Waals surface area contributed by atoms with Crippen LogP contribution >= 0.6 is 0 Å². The monoisotopic (exact) mass is 204 g/mol. The van der Waals surface area contributed by atoms with Crippen LogP contribution in [0, 0.1) is 5.92 Å². The second-order valence-corrected chi connectivity index (χ2v) is 5.45. The van der Waals surface area contributed by atoms with Crippen molar-refractivity contribution in [2.75, 3.05) is 0 Å². The molecule has 0 saturated carbocycles. The lowest BCUT2D eigenvalue weighted by atomic mass is 9.79. The van der Waals surface area contributed by atoms with Crippen LogP contribution in [-0.2, 0) is 0 Å². The van der Waals surface area contributed by atoms with Crippen molar-refractivity contribution in [1.29, 1.82) is 0 Å². The van der Waals surface area contributed by atoms with E-state index in [2.05, 4.69) is 0 Å². The highest BCUT2D eigenvalue weighted by molar-refractivity contribution is 4.83. The molecule has 0 fully saturated rings. The highest BCUT2D eigenvalue weighted by Gasteiger charge is 2.32. The molecule has 0 spiro atoms. The fourth-order valence-electron chi connectivity index (χ4n) is 1.64. The zero-order valence-corrected chi connectivity index (χ0v) is 9.91. The predicted molar refractivity (Wildman–Crippen MR) is 57.0 cm³/mol. The maximum absolute atomic E-state index is 9.87. The van der Waals surface area contributed by atoms with E-state index in [0.717, 1.165) is 0 Å². The standard InChI is InChI=1S/C11H24O3/c1-8(12)6-9(11(4,5)14)7-10(2,3)13/h8-9,12-14H,6-7H2,1-5H3. The molecule has 0 amide bonds. The first-order chi connectivity index (χ1) is 6.02. The van der Waals surface area contributed by atoms with Gasteiger partial charge in [-0.05, 0) is 53.4 Å². The Kier molecular flexibility index (Phi) is 4.56. The molecule has 0 aromatic carbocycles. The van der Waals surface area contributed by atoms with Gasteiger partial charge in [0.15, 0.2) is 0 Å². The van der Waals surface area contributed by atoms with Gasteiger partial charge in [-0.2, -0.15) is 0 Å². The van der Waals surface area contributed by atoms with E-state index in [0.29, 0.717) is 12.8 Å². The van der Waals surface area contributed by atoms with Gasteiger partial charge in [0.1, 0.15) is 0 Å². The van der Waals surface area contributed by atoms with E-state index in [1.165, 1.54) is 0 Å². The Hall–Kier alpha value is -0.120. The van der Waals surface area contributed by atoms with E-state index in [9.17, 15) is 15.3 Å². The molecule has 0 aromatic rings. The molecule has 0 aromatic heterocycles. The third kappa shape index (κ3) is 6.35. The third-order valence-corrected chi connectivity index (χ3v) is 2.37. The largest absolute Gasteiger partial charge is 0.393 e. The van der Waals surface area contributed by atoms with Crippen molar-refractivity contribution in [2.45, 2.75) is 64.8 Å². The second kappa shape index (κ2) is 4.60. The summed E-state index contributed by atoms with van der Waals surface area (Å²) in [6.07, 6.45) is 0.545. The summed E-state index contributed by atoms with van der Waals surface area (Å²) in [5, 5.41) is 28.8. The molecule has 2 unspecified atom stereocenters. The summed E-state index contributed by atoms with van der Waals surface area (Å²) in [6.45, 7) is 8.56. The lowest BCUT2D eigenvalue weighted by Crippen LogP contribution is -2.38. The van der Waals surface area contributed by atoms with E-state index in [-0.39, 0.29) is 5.92 Å². The highest BCUT2D eigenvalue weighted by atomic mass is 16.3. The zero-order valence-electron chi connectivity index (χ0n) is 9.91. The molecule has 0 heterocycles. The van der Waals surface area contributed by atoms with Gasteiger partial charge in [0.25, 0.3) is 0 Å². The van der Waals surface area contributed by atoms with Crippen LogP contribution in [0.2, 0.25) is 0 Å². The molecule has 2 atom stereocenters. The van der Waals surface area contributed by atoms with Gasteiger partial charge < -0.3 is 15.3 Å². The first-order valence-corrected chi connectivity index (χ1v) is 5.15. The predicted octanol–water partition coefficient (Wildman–Crippen LogP) is 1.31. The van der Waals surface area contributed by atoms with Crippen molar-refractivity contribution in [1.82, 2.24) is 0 Å². The van der Waals surface area contributed by atoms with E-state index in [1.807, 2.05) is 0 Å². The lowest BCUT2D eigenvalue weighted by Gasteiger charge is -2.34. The number of aliphatic hydroxyl groups is 3. The molecule has 0 aliphatic rings. The minimum atomic E-state index is -0.864. The minimum Gasteiger partial charge on any atom is -0.393 e. The Balaban J connectivity index is 4.42. The SMILES string of the molecule is CC(O)CC(CC(C)(C)O)C(C)(C)O. The summed E-state index contributed by atoms with van der Waals surface area (Å²) < 4.78 is 0. The summed E-state index contributed by atoms with van der Waals surface area (Å²) in [6, 6.07) is 0. The molecule has 0 radical (unpaired) electrons. The number of hydrogen-bond acceptors (Lipinski definition) is 3. The zero-order chi connectivity index (χ0) is 11.6. The van der Waals surface area contributed by atoms with Crippen LogP contribution < -0.4 is 0 Å². The maximum atomic E-state index is 9.87. The molecule has 3 heteroatoms. The molecule has 0 saturated heterocycles. The normalized spacial score (nSPS) is 18.0. The highest BCUT2D eigenvalue weighted by Crippen LogP contribution is 2.29. The maximum Gasteiger partial charge on any atom is 0.0621 e. The van der Waals surface area contributed by atoms with Crippen molar-refractivity contribution in [3.05, 3.63) is 0 Å². The second-order valence-electron chi connectivity index (χ2n) is 5.45. The van der Waals surface area contributed by atoms with Gasteiger partial charge in [-0.3, -0.25) is 0 Å². The molecule has 86 valence electrons. The molecular formula is C11H24O3. The molecule has 0 aliphatic heterocycles. The molecule has 0 rings (SSSR count). The van der Waals surface area contributed by atoms with E-state index < -0.39 is 17.3 Å². The van der Waals surface area contributed by atoms with Gasteiger partial charge in [-0.15, -0.1) is 0 Å². The molecule has 3 N–H and O–H groups in total. The lowest BCUT2D eigenvalue weighted by molar-refractivity contribution is -0.0471. The Morgan fingerprint density at radius 1 is 1.07 bits per heavy atom. The van der Waals surface area contributed by atoms with Gasteiger partial charge in [-0.25, -0.2) is 0 Å². The van der Waals surface area contributed by atoms with E-state index in [4.69, 9.17) is 0 Å². The van der Waals surface area contributed by atoms with Crippen LogP contribution in [-0.4, -0.2) is 32.6 Å². The average Bonchev–Trinajstić information content (AvgIpc) is 1.78. The van der Waals surface area contributed by atoms with Crippen molar-refractivity contribution in [3.63, 3.8) is 0 Å². The molecule has 3 nitrogen and oxygen atoms in total. The van der Waals surface area contributed by atoms with Crippen LogP contribution in [0.1, 0.15) is 47.5 Å². The van der Waals surface area contributed by atoms with Gasteiger partial charge in [-0.1, -0.05) is 0 Å². The fourth-order valence-corrected chi connectivity index (χ4v) is 1.64. The van der Waals surface area contributed by atoms with Crippen molar-refractivity contribution in [2.24, 2.45) is 5.92 Å². The summed E-state index contributed by atoms with van der Waals surface area (Å²) in [5.41, 5.74) is -1.67. The van der Waals surface area contributed by atoms with Crippen molar-refractivity contribution in [3.8, 4) is 0 Å². The summed E-state index contributed by atoms with van der Waals surface area (Å²) in [4.78, 5) is 0. The Morgan fingerprint density at radius 3 is 1.71 bits per heavy atom. The average molecular weight is 204 g/mol. The van der Waals surface area contributed by atoms with E-state index >= 15 is 0 Å². The molecule has 0 aliphatic carbocycles. The first-order valence-electron chi connectivity index (χ1n) is 5.15. The van der Waals surface area contributed by atoms with Gasteiger partial charge in [0.05, 0.1) is 17.3 Å².